The molecule has 21 heavy (non-hydrogen) atoms. The zero-order valence-corrected chi connectivity index (χ0v) is 14.4. The van der Waals surface area contributed by atoms with Gasteiger partial charge in [0.25, 0.3) is 0 Å². The van der Waals surface area contributed by atoms with Gasteiger partial charge in [0.15, 0.2) is 0 Å². The molecule has 0 saturated carbocycles. The van der Waals surface area contributed by atoms with E-state index in [0.29, 0.717) is 5.92 Å². The van der Waals surface area contributed by atoms with Crippen molar-refractivity contribution < 1.29 is 0 Å². The largest absolute Gasteiger partial charge is 0.387 e. The van der Waals surface area contributed by atoms with E-state index in [1.165, 1.54) is 27.4 Å². The summed E-state index contributed by atoms with van der Waals surface area (Å²) in [7, 11) is 1.99. The second kappa shape index (κ2) is 5.30. The van der Waals surface area contributed by atoms with Gasteiger partial charge in [-0.1, -0.05) is 54.0 Å². The Hall–Kier alpha value is -1.61. The van der Waals surface area contributed by atoms with Gasteiger partial charge in [-0.05, 0) is 29.9 Å². The fourth-order valence-electron chi connectivity index (χ4n) is 3.16. The molecular weight excluding hydrogens is 324 g/mol. The van der Waals surface area contributed by atoms with Crippen LogP contribution in [0, 0.1) is 6.92 Å². The summed E-state index contributed by atoms with van der Waals surface area (Å²) in [5, 5.41) is 6.97. The Balaban J connectivity index is 2.56. The molecule has 2 nitrogen and oxygen atoms in total. The second-order valence-electron chi connectivity index (χ2n) is 5.69. The van der Waals surface area contributed by atoms with E-state index in [1.807, 2.05) is 7.05 Å². The average Bonchev–Trinajstić information content (AvgIpc) is 2.47. The number of nitrogens with zero attached hydrogens (tertiary/aromatic N) is 1. The van der Waals surface area contributed by atoms with Gasteiger partial charge >= 0.3 is 0 Å². The maximum absolute atomic E-state index is 4.91. The summed E-state index contributed by atoms with van der Waals surface area (Å²) in [6.07, 6.45) is 0. The van der Waals surface area contributed by atoms with Crippen molar-refractivity contribution >= 4 is 43.3 Å². The Bertz CT molecular complexity index is 838. The topological polar surface area (TPSA) is 24.9 Å². The highest BCUT2D eigenvalue weighted by molar-refractivity contribution is 9.10. The third kappa shape index (κ3) is 2.20. The summed E-state index contributed by atoms with van der Waals surface area (Å²) in [6.45, 7) is 6.53. The van der Waals surface area contributed by atoms with Crippen LogP contribution in [0.5, 0.6) is 0 Å². The van der Waals surface area contributed by atoms with Crippen LogP contribution in [0.2, 0.25) is 0 Å². The number of rotatable bonds is 2. The van der Waals surface area contributed by atoms with Crippen LogP contribution in [0.3, 0.4) is 0 Å². The quantitative estimate of drug-likeness (QED) is 0.611. The van der Waals surface area contributed by atoms with E-state index < -0.39 is 0 Å². The number of nitrogens with one attached hydrogen (secondary N) is 1. The second-order valence-corrected chi connectivity index (χ2v) is 6.55. The Morgan fingerprint density at radius 1 is 1.10 bits per heavy atom. The molecular formula is C18H19BrN2. The number of aromatic nitrogens is 1. The molecule has 0 aliphatic rings. The molecule has 0 fully saturated rings. The molecule has 0 amide bonds. The van der Waals surface area contributed by atoms with Crippen molar-refractivity contribution in [3.63, 3.8) is 0 Å². The number of pyridine rings is 1. The van der Waals surface area contributed by atoms with Gasteiger partial charge in [0.2, 0.25) is 0 Å². The van der Waals surface area contributed by atoms with E-state index in [0.717, 1.165) is 15.7 Å². The first-order valence-electron chi connectivity index (χ1n) is 7.23. The van der Waals surface area contributed by atoms with Gasteiger partial charge in [0.1, 0.15) is 0 Å². The lowest BCUT2D eigenvalue weighted by Crippen LogP contribution is -2.04. The van der Waals surface area contributed by atoms with Crippen LogP contribution >= 0.6 is 15.9 Å². The fourth-order valence-corrected chi connectivity index (χ4v) is 3.73. The predicted molar refractivity (Wildman–Crippen MR) is 95.3 cm³/mol. The van der Waals surface area contributed by atoms with Crippen LogP contribution in [-0.4, -0.2) is 12.0 Å². The summed E-state index contributed by atoms with van der Waals surface area (Å²) in [4.78, 5) is 4.91. The lowest BCUT2D eigenvalue weighted by Gasteiger charge is -2.19. The molecule has 3 aromatic rings. The van der Waals surface area contributed by atoms with Crippen molar-refractivity contribution in [3.8, 4) is 0 Å². The van der Waals surface area contributed by atoms with E-state index in [9.17, 15) is 0 Å². The SMILES string of the molecule is CNc1c(C(C)C)c(C)nc2c1cc(Br)c1ccccc12. The summed E-state index contributed by atoms with van der Waals surface area (Å²) >= 11 is 3.71. The molecule has 1 N–H and O–H groups in total. The van der Waals surface area contributed by atoms with Crippen molar-refractivity contribution in [1.29, 1.82) is 0 Å². The van der Waals surface area contributed by atoms with Gasteiger partial charge in [-0.3, -0.25) is 4.98 Å². The summed E-state index contributed by atoms with van der Waals surface area (Å²) in [5.41, 5.74) is 4.67. The van der Waals surface area contributed by atoms with Gasteiger partial charge in [0, 0.05) is 33.7 Å². The summed E-state index contributed by atoms with van der Waals surface area (Å²) in [5.74, 6) is 0.439. The number of aryl methyl sites for hydroxylation is 1. The molecule has 2 aromatic carbocycles. The molecule has 1 heterocycles. The van der Waals surface area contributed by atoms with Crippen LogP contribution < -0.4 is 5.32 Å². The molecule has 0 aliphatic carbocycles. The molecule has 0 radical (unpaired) electrons. The van der Waals surface area contributed by atoms with Crippen LogP contribution in [0.1, 0.15) is 31.0 Å². The third-order valence-electron chi connectivity index (χ3n) is 4.00. The number of benzene rings is 2. The highest BCUT2D eigenvalue weighted by Crippen LogP contribution is 2.38. The van der Waals surface area contributed by atoms with Crippen molar-refractivity contribution in [2.75, 3.05) is 12.4 Å². The lowest BCUT2D eigenvalue weighted by molar-refractivity contribution is 0.850. The maximum Gasteiger partial charge on any atom is 0.0805 e. The highest BCUT2D eigenvalue weighted by Gasteiger charge is 2.17. The minimum Gasteiger partial charge on any atom is -0.387 e. The molecule has 0 atom stereocenters. The smallest absolute Gasteiger partial charge is 0.0805 e. The first-order valence-corrected chi connectivity index (χ1v) is 8.03. The van der Waals surface area contributed by atoms with Crippen LogP contribution in [0.4, 0.5) is 5.69 Å². The fraction of sp³-hybridized carbons (Fsp3) is 0.278. The number of hydrogen-bond donors (Lipinski definition) is 1. The number of hydrogen-bond acceptors (Lipinski definition) is 2. The molecule has 1 aromatic heterocycles. The zero-order valence-electron chi connectivity index (χ0n) is 12.8. The number of halogens is 1. The highest BCUT2D eigenvalue weighted by atomic mass is 79.9. The molecule has 3 rings (SSSR count). The van der Waals surface area contributed by atoms with Crippen molar-refractivity contribution in [1.82, 2.24) is 4.98 Å². The Morgan fingerprint density at radius 3 is 2.38 bits per heavy atom. The van der Waals surface area contributed by atoms with Crippen LogP contribution in [0.25, 0.3) is 21.7 Å². The van der Waals surface area contributed by atoms with Gasteiger partial charge in [-0.2, -0.15) is 0 Å². The van der Waals surface area contributed by atoms with Crippen molar-refractivity contribution in [3.05, 3.63) is 46.1 Å². The van der Waals surface area contributed by atoms with E-state index in [2.05, 4.69) is 72.3 Å². The molecule has 0 aliphatic heterocycles. The van der Waals surface area contributed by atoms with Crippen LogP contribution in [0.15, 0.2) is 34.8 Å². The zero-order chi connectivity index (χ0) is 15.1. The third-order valence-corrected chi connectivity index (χ3v) is 4.66. The van der Waals surface area contributed by atoms with E-state index in [4.69, 9.17) is 4.98 Å². The molecule has 3 heteroatoms. The molecule has 0 bridgehead atoms. The summed E-state index contributed by atoms with van der Waals surface area (Å²) in [6, 6.07) is 10.6. The Kier molecular flexibility index (Phi) is 3.62. The lowest BCUT2D eigenvalue weighted by atomic mass is 9.95. The van der Waals surface area contributed by atoms with Gasteiger partial charge in [-0.25, -0.2) is 0 Å². The van der Waals surface area contributed by atoms with Gasteiger partial charge in [0.05, 0.1) is 5.52 Å². The maximum atomic E-state index is 4.91. The summed E-state index contributed by atoms with van der Waals surface area (Å²) < 4.78 is 1.11. The Labute approximate surface area is 133 Å². The molecule has 0 saturated heterocycles. The van der Waals surface area contributed by atoms with Crippen LogP contribution in [-0.2, 0) is 0 Å². The van der Waals surface area contributed by atoms with E-state index in [-0.39, 0.29) is 0 Å². The standard InChI is InChI=1S/C18H19BrN2/c1-10(2)16-11(3)21-17-13-8-6-5-7-12(13)15(19)9-14(17)18(16)20-4/h5-10H,1-4H3,(H,20,21). The minimum absolute atomic E-state index is 0.439. The first kappa shape index (κ1) is 14.3. The molecule has 108 valence electrons. The molecule has 0 spiro atoms. The van der Waals surface area contributed by atoms with Crippen molar-refractivity contribution in [2.24, 2.45) is 0 Å². The number of anilines is 1. The predicted octanol–water partition coefficient (Wildman–Crippen LogP) is 5.62. The first-order chi connectivity index (χ1) is 10.0. The average molecular weight is 343 g/mol. The monoisotopic (exact) mass is 342 g/mol. The van der Waals surface area contributed by atoms with E-state index in [1.54, 1.807) is 0 Å². The van der Waals surface area contributed by atoms with E-state index >= 15 is 0 Å². The molecule has 0 unspecified atom stereocenters. The Morgan fingerprint density at radius 2 is 1.76 bits per heavy atom. The van der Waals surface area contributed by atoms with Gasteiger partial charge < -0.3 is 5.32 Å². The number of fused-ring (bicyclic) bond motifs is 3. The van der Waals surface area contributed by atoms with Crippen molar-refractivity contribution in [2.45, 2.75) is 26.7 Å². The normalized spacial score (nSPS) is 11.5. The van der Waals surface area contributed by atoms with Gasteiger partial charge in [-0.15, -0.1) is 0 Å². The minimum atomic E-state index is 0.439.